The fraction of sp³-hybridized carbons (Fsp3) is 0.154. The highest BCUT2D eigenvalue weighted by Crippen LogP contribution is 2.32. The van der Waals surface area contributed by atoms with E-state index < -0.39 is 0 Å². The second kappa shape index (κ2) is 7.17. The zero-order valence-corrected chi connectivity index (χ0v) is 16.6. The maximum absolute atomic E-state index is 6.05. The van der Waals surface area contributed by atoms with Crippen molar-refractivity contribution in [3.05, 3.63) is 84.6 Å². The number of hydrogen-bond donors (Lipinski definition) is 0. The highest BCUT2D eigenvalue weighted by Gasteiger charge is 2.12. The molecule has 0 radical (unpaired) electrons. The lowest BCUT2D eigenvalue weighted by atomic mass is 10.0. The van der Waals surface area contributed by atoms with Gasteiger partial charge in [0.15, 0.2) is 0 Å². The molecule has 0 N–H and O–H groups in total. The summed E-state index contributed by atoms with van der Waals surface area (Å²) in [6, 6.07) is 24.9. The number of rotatable bonds is 4. The van der Waals surface area contributed by atoms with Gasteiger partial charge in [-0.05, 0) is 60.4 Å². The van der Waals surface area contributed by atoms with E-state index in [9.17, 15) is 0 Å². The molecular formula is C26H22N2O. The molecule has 0 saturated heterocycles. The summed E-state index contributed by atoms with van der Waals surface area (Å²) in [4.78, 5) is 9.35. The van der Waals surface area contributed by atoms with Crippen LogP contribution in [-0.2, 0) is 6.42 Å². The molecule has 142 valence electrons. The SMILES string of the molecule is CC(C)Cc1ccnc(-c2ccc3oc4nc(-c5ccccc5)ccc4c3c2)c1. The Kier molecular flexibility index (Phi) is 4.36. The Morgan fingerprint density at radius 3 is 2.48 bits per heavy atom. The molecule has 3 heterocycles. The summed E-state index contributed by atoms with van der Waals surface area (Å²) in [7, 11) is 0. The van der Waals surface area contributed by atoms with E-state index in [-0.39, 0.29) is 0 Å². The number of nitrogens with zero attached hydrogens (tertiary/aromatic N) is 2. The minimum Gasteiger partial charge on any atom is -0.438 e. The lowest BCUT2D eigenvalue weighted by Gasteiger charge is -2.07. The van der Waals surface area contributed by atoms with E-state index in [0.29, 0.717) is 11.6 Å². The molecule has 3 aromatic heterocycles. The lowest BCUT2D eigenvalue weighted by Crippen LogP contribution is -1.95. The van der Waals surface area contributed by atoms with Crippen LogP contribution in [0.3, 0.4) is 0 Å². The van der Waals surface area contributed by atoms with Gasteiger partial charge >= 0.3 is 0 Å². The smallest absolute Gasteiger partial charge is 0.227 e. The Labute approximate surface area is 170 Å². The molecule has 3 nitrogen and oxygen atoms in total. The molecule has 0 bridgehead atoms. The maximum Gasteiger partial charge on any atom is 0.227 e. The quantitative estimate of drug-likeness (QED) is 0.341. The zero-order valence-electron chi connectivity index (χ0n) is 16.6. The summed E-state index contributed by atoms with van der Waals surface area (Å²) < 4.78 is 6.05. The van der Waals surface area contributed by atoms with Gasteiger partial charge in [-0.3, -0.25) is 4.98 Å². The van der Waals surface area contributed by atoms with Crippen LogP contribution >= 0.6 is 0 Å². The van der Waals surface area contributed by atoms with E-state index in [1.54, 1.807) is 0 Å². The topological polar surface area (TPSA) is 38.9 Å². The van der Waals surface area contributed by atoms with Gasteiger partial charge in [0.2, 0.25) is 5.71 Å². The van der Waals surface area contributed by atoms with Crippen LogP contribution in [0.25, 0.3) is 44.6 Å². The van der Waals surface area contributed by atoms with E-state index in [0.717, 1.165) is 45.3 Å². The van der Waals surface area contributed by atoms with Crippen molar-refractivity contribution in [2.45, 2.75) is 20.3 Å². The lowest BCUT2D eigenvalue weighted by molar-refractivity contribution is 0.647. The van der Waals surface area contributed by atoms with Gasteiger partial charge in [-0.2, -0.15) is 0 Å². The monoisotopic (exact) mass is 378 g/mol. The molecule has 3 heteroatoms. The normalized spacial score (nSPS) is 11.6. The first-order valence-electron chi connectivity index (χ1n) is 10.0. The molecule has 5 rings (SSSR count). The summed E-state index contributed by atoms with van der Waals surface area (Å²) in [5.74, 6) is 0.621. The highest BCUT2D eigenvalue weighted by atomic mass is 16.3. The van der Waals surface area contributed by atoms with Crippen molar-refractivity contribution in [3.8, 4) is 22.5 Å². The van der Waals surface area contributed by atoms with Gasteiger partial charge in [0.05, 0.1) is 11.4 Å². The largest absolute Gasteiger partial charge is 0.438 e. The average Bonchev–Trinajstić information content (AvgIpc) is 3.11. The van der Waals surface area contributed by atoms with Crippen molar-refractivity contribution in [1.82, 2.24) is 9.97 Å². The Balaban J connectivity index is 1.59. The van der Waals surface area contributed by atoms with Gasteiger partial charge in [-0.1, -0.05) is 44.2 Å². The summed E-state index contributed by atoms with van der Waals surface area (Å²) in [5.41, 5.74) is 6.92. The third-order valence-corrected chi connectivity index (χ3v) is 5.17. The number of benzene rings is 2. The highest BCUT2D eigenvalue weighted by molar-refractivity contribution is 6.05. The Hall–Kier alpha value is -3.46. The fourth-order valence-corrected chi connectivity index (χ4v) is 3.82. The van der Waals surface area contributed by atoms with Crippen molar-refractivity contribution in [2.24, 2.45) is 5.92 Å². The predicted octanol–water partition coefficient (Wildman–Crippen LogP) is 6.91. The minimum absolute atomic E-state index is 0.621. The van der Waals surface area contributed by atoms with Crippen LogP contribution in [0.5, 0.6) is 0 Å². The summed E-state index contributed by atoms with van der Waals surface area (Å²) in [5, 5.41) is 2.10. The van der Waals surface area contributed by atoms with Crippen molar-refractivity contribution in [1.29, 1.82) is 0 Å². The van der Waals surface area contributed by atoms with Crippen LogP contribution in [0.4, 0.5) is 0 Å². The van der Waals surface area contributed by atoms with Gasteiger partial charge in [-0.25, -0.2) is 4.98 Å². The van der Waals surface area contributed by atoms with E-state index in [1.165, 1.54) is 5.56 Å². The molecule has 29 heavy (non-hydrogen) atoms. The van der Waals surface area contributed by atoms with Gasteiger partial charge in [0.25, 0.3) is 0 Å². The molecule has 0 aliphatic carbocycles. The molecule has 2 aromatic carbocycles. The second-order valence-electron chi connectivity index (χ2n) is 7.88. The van der Waals surface area contributed by atoms with Crippen LogP contribution < -0.4 is 0 Å². The van der Waals surface area contributed by atoms with Gasteiger partial charge < -0.3 is 4.42 Å². The molecule has 0 amide bonds. The van der Waals surface area contributed by atoms with Gasteiger partial charge in [-0.15, -0.1) is 0 Å². The average molecular weight is 378 g/mol. The van der Waals surface area contributed by atoms with Crippen molar-refractivity contribution >= 4 is 22.1 Å². The standard InChI is InChI=1S/C26H22N2O/c1-17(2)14-18-12-13-27-24(15-18)20-8-11-25-22(16-20)21-9-10-23(28-26(21)29-25)19-6-4-3-5-7-19/h3-13,15-17H,14H2,1-2H3. The summed E-state index contributed by atoms with van der Waals surface area (Å²) >= 11 is 0. The number of furan rings is 1. The molecule has 0 unspecified atom stereocenters. The number of fused-ring (bicyclic) bond motifs is 3. The van der Waals surface area contributed by atoms with E-state index >= 15 is 0 Å². The van der Waals surface area contributed by atoms with Gasteiger partial charge in [0, 0.05) is 28.1 Å². The molecule has 0 fully saturated rings. The van der Waals surface area contributed by atoms with Crippen molar-refractivity contribution in [3.63, 3.8) is 0 Å². The molecule has 0 aliphatic heterocycles. The first-order chi connectivity index (χ1) is 14.2. The zero-order chi connectivity index (χ0) is 19.8. The van der Waals surface area contributed by atoms with E-state index in [2.05, 4.69) is 67.4 Å². The summed E-state index contributed by atoms with van der Waals surface area (Å²) in [6.45, 7) is 4.47. The Bertz CT molecular complexity index is 1300. The Morgan fingerprint density at radius 2 is 1.66 bits per heavy atom. The Morgan fingerprint density at radius 1 is 0.793 bits per heavy atom. The van der Waals surface area contributed by atoms with Crippen molar-refractivity contribution < 1.29 is 4.42 Å². The maximum atomic E-state index is 6.05. The van der Waals surface area contributed by atoms with Crippen LogP contribution in [0.15, 0.2) is 83.4 Å². The molecule has 0 aliphatic rings. The van der Waals surface area contributed by atoms with Crippen molar-refractivity contribution in [2.75, 3.05) is 0 Å². The van der Waals surface area contributed by atoms with Crippen LogP contribution in [-0.4, -0.2) is 9.97 Å². The molecule has 5 aromatic rings. The molecular weight excluding hydrogens is 356 g/mol. The first-order valence-corrected chi connectivity index (χ1v) is 10.0. The number of hydrogen-bond acceptors (Lipinski definition) is 3. The molecule has 0 spiro atoms. The van der Waals surface area contributed by atoms with Crippen LogP contribution in [0, 0.1) is 5.92 Å². The number of pyridine rings is 2. The minimum atomic E-state index is 0.621. The van der Waals surface area contributed by atoms with E-state index in [4.69, 9.17) is 9.40 Å². The third kappa shape index (κ3) is 3.40. The first kappa shape index (κ1) is 17.6. The summed E-state index contributed by atoms with van der Waals surface area (Å²) in [6.07, 6.45) is 2.96. The van der Waals surface area contributed by atoms with E-state index in [1.807, 2.05) is 30.5 Å². The third-order valence-electron chi connectivity index (χ3n) is 5.17. The second-order valence-corrected chi connectivity index (χ2v) is 7.88. The molecule has 0 atom stereocenters. The van der Waals surface area contributed by atoms with Gasteiger partial charge in [0.1, 0.15) is 5.58 Å². The van der Waals surface area contributed by atoms with Crippen LogP contribution in [0.2, 0.25) is 0 Å². The molecule has 0 saturated carbocycles. The number of aromatic nitrogens is 2. The van der Waals surface area contributed by atoms with Crippen LogP contribution in [0.1, 0.15) is 19.4 Å². The fourth-order valence-electron chi connectivity index (χ4n) is 3.82. The predicted molar refractivity (Wildman–Crippen MR) is 119 cm³/mol.